The van der Waals surface area contributed by atoms with Crippen molar-refractivity contribution in [1.82, 2.24) is 0 Å². The smallest absolute Gasteiger partial charge is 0.340 e. The normalized spacial score (nSPS) is 18.5. The molecule has 138 valence electrons. The Morgan fingerprint density at radius 1 is 1.00 bits per heavy atom. The lowest BCUT2D eigenvalue weighted by Crippen LogP contribution is -2.32. The van der Waals surface area contributed by atoms with Crippen molar-refractivity contribution in [2.24, 2.45) is 0 Å². The van der Waals surface area contributed by atoms with E-state index in [1.165, 1.54) is 6.07 Å². The van der Waals surface area contributed by atoms with E-state index in [-0.39, 0.29) is 5.75 Å². The Balaban J connectivity index is 1.79. The lowest BCUT2D eigenvalue weighted by molar-refractivity contribution is 0.0224. The number of benzene rings is 3. The third-order valence-corrected chi connectivity index (χ3v) is 5.04. The summed E-state index contributed by atoms with van der Waals surface area (Å²) in [5.74, 6) is 1.21. The molecule has 1 N–H and O–H groups in total. The molecule has 2 aliphatic rings. The van der Waals surface area contributed by atoms with Crippen molar-refractivity contribution in [2.45, 2.75) is 5.60 Å². The van der Waals surface area contributed by atoms with Crippen molar-refractivity contribution < 1.29 is 24.1 Å². The Morgan fingerprint density at radius 3 is 2.57 bits per heavy atom. The Labute approximate surface area is 161 Å². The monoisotopic (exact) mass is 372 g/mol. The summed E-state index contributed by atoms with van der Waals surface area (Å²) in [6, 6.07) is 17.5. The van der Waals surface area contributed by atoms with Crippen LogP contribution in [0.5, 0.6) is 23.0 Å². The van der Waals surface area contributed by atoms with Crippen LogP contribution in [0.15, 0.2) is 73.3 Å². The largest absolute Gasteiger partial charge is 0.508 e. The summed E-state index contributed by atoms with van der Waals surface area (Å²) < 4.78 is 17.7. The molecule has 1 atom stereocenters. The van der Waals surface area contributed by atoms with Crippen molar-refractivity contribution >= 4 is 5.97 Å². The van der Waals surface area contributed by atoms with Crippen LogP contribution < -0.4 is 9.47 Å². The predicted molar refractivity (Wildman–Crippen MR) is 102 cm³/mol. The average Bonchev–Trinajstić information content (AvgIpc) is 2.99. The van der Waals surface area contributed by atoms with Crippen LogP contribution in [0.3, 0.4) is 0 Å². The summed E-state index contributed by atoms with van der Waals surface area (Å²) in [5.41, 5.74) is 1.49. The number of phenols is 1. The molecular weight excluding hydrogens is 356 g/mol. The van der Waals surface area contributed by atoms with E-state index in [1.54, 1.807) is 30.3 Å². The minimum Gasteiger partial charge on any atom is -0.508 e. The van der Waals surface area contributed by atoms with Gasteiger partial charge in [-0.3, -0.25) is 0 Å². The highest BCUT2D eigenvalue weighted by Crippen LogP contribution is 2.56. The summed E-state index contributed by atoms with van der Waals surface area (Å²) >= 11 is 0. The maximum Gasteiger partial charge on any atom is 0.340 e. The van der Waals surface area contributed by atoms with E-state index in [1.807, 2.05) is 30.3 Å². The molecule has 0 saturated heterocycles. The van der Waals surface area contributed by atoms with Crippen LogP contribution in [-0.2, 0) is 10.3 Å². The molecule has 2 heterocycles. The molecular formula is C23H16O5. The van der Waals surface area contributed by atoms with Gasteiger partial charge in [0.2, 0.25) is 0 Å². The molecule has 28 heavy (non-hydrogen) atoms. The fourth-order valence-electron chi connectivity index (χ4n) is 3.89. The van der Waals surface area contributed by atoms with Crippen molar-refractivity contribution in [1.29, 1.82) is 0 Å². The Morgan fingerprint density at radius 2 is 1.75 bits per heavy atom. The quantitative estimate of drug-likeness (QED) is 0.541. The van der Waals surface area contributed by atoms with Crippen molar-refractivity contribution in [3.05, 3.63) is 95.6 Å². The number of carbonyl (C=O) groups excluding carboxylic acids is 1. The second-order valence-electron chi connectivity index (χ2n) is 6.66. The molecule has 5 rings (SSSR count). The molecule has 2 aliphatic heterocycles. The molecule has 0 aromatic heterocycles. The van der Waals surface area contributed by atoms with E-state index in [0.717, 1.165) is 5.56 Å². The maximum atomic E-state index is 12.7. The van der Waals surface area contributed by atoms with Gasteiger partial charge >= 0.3 is 5.97 Å². The number of ether oxygens (including phenoxy) is 3. The molecule has 0 amide bonds. The first-order valence-corrected chi connectivity index (χ1v) is 8.86. The van der Waals surface area contributed by atoms with Crippen molar-refractivity contribution in [3.63, 3.8) is 0 Å². The number of rotatable bonds is 3. The van der Waals surface area contributed by atoms with Gasteiger partial charge in [0.05, 0.1) is 5.56 Å². The number of fused-ring (bicyclic) bond motifs is 6. The van der Waals surface area contributed by atoms with Crippen molar-refractivity contribution in [3.8, 4) is 23.0 Å². The van der Waals surface area contributed by atoms with E-state index >= 15 is 0 Å². The van der Waals surface area contributed by atoms with Crippen LogP contribution >= 0.6 is 0 Å². The van der Waals surface area contributed by atoms with Gasteiger partial charge in [0, 0.05) is 28.8 Å². The zero-order chi connectivity index (χ0) is 19.3. The van der Waals surface area contributed by atoms with Gasteiger partial charge in [-0.15, -0.1) is 0 Å². The fraction of sp³-hybridized carbons (Fsp3) is 0.0870. The van der Waals surface area contributed by atoms with Gasteiger partial charge in [-0.2, -0.15) is 0 Å². The van der Waals surface area contributed by atoms with Gasteiger partial charge in [0.1, 0.15) is 29.6 Å². The fourth-order valence-corrected chi connectivity index (χ4v) is 3.89. The molecule has 5 heteroatoms. The van der Waals surface area contributed by atoms with E-state index in [0.29, 0.717) is 40.5 Å². The van der Waals surface area contributed by atoms with E-state index in [2.05, 4.69) is 6.58 Å². The summed E-state index contributed by atoms with van der Waals surface area (Å²) in [7, 11) is 0. The van der Waals surface area contributed by atoms with Crippen LogP contribution in [-0.4, -0.2) is 17.7 Å². The van der Waals surface area contributed by atoms with E-state index in [9.17, 15) is 9.90 Å². The molecule has 1 spiro atoms. The molecule has 0 radical (unpaired) electrons. The minimum atomic E-state index is -1.14. The topological polar surface area (TPSA) is 65.0 Å². The van der Waals surface area contributed by atoms with E-state index in [4.69, 9.17) is 14.2 Å². The van der Waals surface area contributed by atoms with Gasteiger partial charge in [-0.05, 0) is 30.3 Å². The first-order chi connectivity index (χ1) is 13.6. The number of phenolic OH excluding ortho intramolecular Hbond substituents is 1. The molecule has 5 nitrogen and oxygen atoms in total. The highest BCUT2D eigenvalue weighted by Gasteiger charge is 2.53. The lowest BCUT2D eigenvalue weighted by Gasteiger charge is -2.36. The predicted octanol–water partition coefficient (Wildman–Crippen LogP) is 4.53. The number of hydrogen-bond acceptors (Lipinski definition) is 5. The maximum absolute atomic E-state index is 12.7. The standard InChI is InChI=1S/C23H16O5/c1-2-11-26-15-8-10-19-21(13-15)27-20-12-14(24)7-9-18(20)23(19)17-6-4-3-5-16(17)22(25)28-23/h2-10,12-13,24H,1,11H2. The summed E-state index contributed by atoms with van der Waals surface area (Å²) in [6.45, 7) is 4.01. The number of esters is 1. The summed E-state index contributed by atoms with van der Waals surface area (Å²) in [4.78, 5) is 12.7. The van der Waals surface area contributed by atoms with Crippen LogP contribution in [0.1, 0.15) is 27.0 Å². The first kappa shape index (κ1) is 16.4. The molecule has 0 bridgehead atoms. The van der Waals surface area contributed by atoms with Crippen LogP contribution in [0, 0.1) is 0 Å². The summed E-state index contributed by atoms with van der Waals surface area (Å²) in [5, 5.41) is 9.96. The zero-order valence-electron chi connectivity index (χ0n) is 14.8. The molecule has 0 saturated carbocycles. The number of hydrogen-bond donors (Lipinski definition) is 1. The van der Waals surface area contributed by atoms with Gasteiger partial charge < -0.3 is 19.3 Å². The minimum absolute atomic E-state index is 0.0639. The van der Waals surface area contributed by atoms with Gasteiger partial charge in [0.25, 0.3) is 0 Å². The zero-order valence-corrected chi connectivity index (χ0v) is 14.8. The Bertz CT molecular complexity index is 1130. The first-order valence-electron chi connectivity index (χ1n) is 8.86. The Kier molecular flexibility index (Phi) is 3.46. The number of carbonyl (C=O) groups is 1. The second kappa shape index (κ2) is 5.89. The third kappa shape index (κ3) is 2.16. The lowest BCUT2D eigenvalue weighted by atomic mass is 9.77. The van der Waals surface area contributed by atoms with Crippen LogP contribution in [0.4, 0.5) is 0 Å². The molecule has 3 aromatic carbocycles. The molecule has 1 unspecified atom stereocenters. The van der Waals surface area contributed by atoms with Crippen LogP contribution in [0.25, 0.3) is 0 Å². The highest BCUT2D eigenvalue weighted by molar-refractivity contribution is 5.97. The van der Waals surface area contributed by atoms with Gasteiger partial charge in [-0.25, -0.2) is 4.79 Å². The molecule has 0 fully saturated rings. The highest BCUT2D eigenvalue weighted by atomic mass is 16.6. The van der Waals surface area contributed by atoms with Crippen molar-refractivity contribution in [2.75, 3.05) is 6.61 Å². The SMILES string of the molecule is C=CCOc1ccc2c(c1)Oc1cc(O)ccc1C21OC(=O)c2ccccc21. The van der Waals surface area contributed by atoms with E-state index < -0.39 is 11.6 Å². The Hall–Kier alpha value is -3.73. The second-order valence-corrected chi connectivity index (χ2v) is 6.66. The van der Waals surface area contributed by atoms with Crippen LogP contribution in [0.2, 0.25) is 0 Å². The summed E-state index contributed by atoms with van der Waals surface area (Å²) in [6.07, 6.45) is 1.66. The third-order valence-electron chi connectivity index (χ3n) is 5.04. The average molecular weight is 372 g/mol. The van der Waals surface area contributed by atoms with Gasteiger partial charge in [0.15, 0.2) is 5.60 Å². The number of aromatic hydroxyl groups is 1. The molecule has 0 aliphatic carbocycles. The van der Waals surface area contributed by atoms with Gasteiger partial charge in [-0.1, -0.05) is 30.9 Å². The molecule has 3 aromatic rings.